The summed E-state index contributed by atoms with van der Waals surface area (Å²) < 4.78 is 59.9. The van der Waals surface area contributed by atoms with Gasteiger partial charge in [0.25, 0.3) is 0 Å². The largest absolute Gasteiger partial charge is 0.460 e. The first-order valence-corrected chi connectivity index (χ1v) is 14.2. The van der Waals surface area contributed by atoms with Crippen LogP contribution in [0.3, 0.4) is 0 Å². The fraction of sp³-hybridized carbons (Fsp3) is 0.594. The smallest absolute Gasteiger partial charge is 0.313 e. The van der Waals surface area contributed by atoms with Crippen LogP contribution in [-0.4, -0.2) is 46.4 Å². The van der Waals surface area contributed by atoms with E-state index >= 15 is 13.2 Å². The van der Waals surface area contributed by atoms with E-state index in [-0.39, 0.29) is 25.9 Å². The number of benzene rings is 1. The molecule has 0 spiro atoms. The van der Waals surface area contributed by atoms with Gasteiger partial charge in [0.1, 0.15) is 24.3 Å². The second-order valence-corrected chi connectivity index (χ2v) is 12.9. The Kier molecular flexibility index (Phi) is 7.08. The summed E-state index contributed by atoms with van der Waals surface area (Å²) in [6, 6.07) is 7.44. The molecular weight excluding hydrogens is 537 g/mol. The summed E-state index contributed by atoms with van der Waals surface area (Å²) in [5.41, 5.74) is -5.87. The number of ether oxygens (including phenoxy) is 2. The van der Waals surface area contributed by atoms with E-state index in [1.54, 1.807) is 20.8 Å². The van der Waals surface area contributed by atoms with E-state index < -0.39 is 87.7 Å². The van der Waals surface area contributed by atoms with Crippen molar-refractivity contribution in [3.8, 4) is 0 Å². The highest BCUT2D eigenvalue weighted by molar-refractivity contribution is 6.04. The van der Waals surface area contributed by atoms with Gasteiger partial charge in [0.15, 0.2) is 11.5 Å². The number of aliphatic hydroxyl groups is 1. The van der Waals surface area contributed by atoms with Gasteiger partial charge >= 0.3 is 11.9 Å². The molecule has 1 aromatic rings. The first kappa shape index (κ1) is 29.5. The molecule has 0 saturated heterocycles. The minimum absolute atomic E-state index is 0.0233. The van der Waals surface area contributed by atoms with Crippen molar-refractivity contribution in [2.75, 3.05) is 0 Å². The van der Waals surface area contributed by atoms with Gasteiger partial charge in [-0.15, -0.1) is 0 Å². The molecule has 0 amide bonds. The minimum atomic E-state index is -2.54. The van der Waals surface area contributed by atoms with E-state index in [4.69, 9.17) is 9.47 Å². The van der Waals surface area contributed by atoms with Gasteiger partial charge in [0, 0.05) is 23.3 Å². The third kappa shape index (κ3) is 4.21. The van der Waals surface area contributed by atoms with Crippen LogP contribution in [0.4, 0.5) is 13.2 Å². The van der Waals surface area contributed by atoms with Crippen LogP contribution in [0.25, 0.3) is 0 Å². The molecule has 3 saturated carbocycles. The van der Waals surface area contributed by atoms with Crippen LogP contribution in [0.1, 0.15) is 64.5 Å². The van der Waals surface area contributed by atoms with Gasteiger partial charge in [-0.3, -0.25) is 14.4 Å². The molecule has 4 aliphatic carbocycles. The van der Waals surface area contributed by atoms with E-state index in [1.165, 1.54) is 6.92 Å². The predicted molar refractivity (Wildman–Crippen MR) is 143 cm³/mol. The molecule has 6 nitrogen and oxygen atoms in total. The Balaban J connectivity index is 1.57. The lowest BCUT2D eigenvalue weighted by atomic mass is 9.45. The lowest BCUT2D eigenvalue weighted by molar-refractivity contribution is -0.207. The molecule has 0 aromatic heterocycles. The summed E-state index contributed by atoms with van der Waals surface area (Å²) in [5, 5.41) is 11.5. The summed E-state index contributed by atoms with van der Waals surface area (Å²) in [6.45, 7) is 8.14. The topological polar surface area (TPSA) is 89.9 Å². The zero-order valence-electron chi connectivity index (χ0n) is 24.0. The van der Waals surface area contributed by atoms with Crippen LogP contribution >= 0.6 is 0 Å². The van der Waals surface area contributed by atoms with Crippen molar-refractivity contribution in [2.45, 2.75) is 90.5 Å². The molecule has 41 heavy (non-hydrogen) atoms. The maximum absolute atomic E-state index is 17.5. The molecule has 0 radical (unpaired) electrons. The number of alkyl halides is 2. The quantitative estimate of drug-likeness (QED) is 0.461. The third-order valence-electron chi connectivity index (χ3n) is 10.4. The van der Waals surface area contributed by atoms with Crippen molar-refractivity contribution in [3.05, 3.63) is 58.9 Å². The molecule has 9 atom stereocenters. The number of carbonyl (C=O) groups is 3. The Labute approximate surface area is 238 Å². The Bertz CT molecular complexity index is 1360. The van der Waals surface area contributed by atoms with E-state index in [0.717, 1.165) is 23.3 Å². The Morgan fingerprint density at radius 2 is 1.85 bits per heavy atom. The number of esters is 2. The summed E-state index contributed by atoms with van der Waals surface area (Å²) in [6.07, 6.45) is -2.32. The fourth-order valence-corrected chi connectivity index (χ4v) is 8.64. The van der Waals surface area contributed by atoms with E-state index in [1.807, 2.05) is 31.2 Å². The van der Waals surface area contributed by atoms with Crippen molar-refractivity contribution in [1.82, 2.24) is 0 Å². The van der Waals surface area contributed by atoms with E-state index in [9.17, 15) is 19.5 Å². The molecule has 9 heteroatoms. The summed E-state index contributed by atoms with van der Waals surface area (Å²) in [7, 11) is 0. The number of carbonyl (C=O) groups excluding carboxylic acids is 3. The van der Waals surface area contributed by atoms with Gasteiger partial charge in [-0.25, -0.2) is 13.2 Å². The van der Waals surface area contributed by atoms with Crippen molar-refractivity contribution in [1.29, 1.82) is 0 Å². The molecule has 0 unspecified atom stereocenters. The Morgan fingerprint density at radius 1 is 1.15 bits per heavy atom. The van der Waals surface area contributed by atoms with Crippen molar-refractivity contribution in [2.24, 2.45) is 28.6 Å². The monoisotopic (exact) mass is 574 g/mol. The average molecular weight is 575 g/mol. The number of rotatable bonds is 5. The second kappa shape index (κ2) is 9.82. The highest BCUT2D eigenvalue weighted by atomic mass is 19.2. The summed E-state index contributed by atoms with van der Waals surface area (Å²) in [5.74, 6) is -6.55. The molecule has 0 bridgehead atoms. The molecule has 3 fully saturated rings. The van der Waals surface area contributed by atoms with Gasteiger partial charge in [0.05, 0.1) is 6.10 Å². The normalized spacial score (nSPS) is 41.4. The van der Waals surface area contributed by atoms with Crippen LogP contribution in [-0.2, 0) is 30.5 Å². The Morgan fingerprint density at radius 3 is 2.51 bits per heavy atom. The fourth-order valence-electron chi connectivity index (χ4n) is 8.64. The number of ketones is 1. The van der Waals surface area contributed by atoms with E-state index in [0.29, 0.717) is 0 Å². The van der Waals surface area contributed by atoms with Gasteiger partial charge in [0.2, 0.25) is 5.78 Å². The standard InChI is InChI=1S/C32H37F3O6/c1-6-24(38)41-31(5)14-20-19-13-21(33)25-26(34)22(36)10-11-30(25,4)32(19,35)23(37)15-29(20,3)27(31)28(39)40-16-18-9-7-8-17(2)12-18/h7-12,19-21,23,27,37H,6,13-16H2,1-5H3/t19-,20-,21-,23-,27+,29-,30-,31-,32-/m0/s1. The summed E-state index contributed by atoms with van der Waals surface area (Å²) >= 11 is 0. The molecule has 222 valence electrons. The van der Waals surface area contributed by atoms with Crippen LogP contribution in [0, 0.1) is 35.5 Å². The van der Waals surface area contributed by atoms with Crippen molar-refractivity contribution >= 4 is 17.7 Å². The van der Waals surface area contributed by atoms with Gasteiger partial charge in [-0.05, 0) is 63.0 Å². The molecule has 1 aromatic carbocycles. The SMILES string of the molecule is CCC(=O)O[C@@]1(C)C[C@H]2[C@@H]3C[C@H](F)C4=C(F)C(=O)C=C[C@]4(C)[C@@]3(F)[C@@H](O)C[C@]2(C)[C@H]1C(=O)OCc1cccc(C)c1. The number of aryl methyl sites for hydroxylation is 1. The number of aliphatic hydroxyl groups excluding tert-OH is 1. The number of hydrogen-bond acceptors (Lipinski definition) is 6. The van der Waals surface area contributed by atoms with Gasteiger partial charge in [-0.1, -0.05) is 49.8 Å². The zero-order chi connectivity index (χ0) is 30.1. The minimum Gasteiger partial charge on any atom is -0.460 e. The van der Waals surface area contributed by atoms with Crippen LogP contribution in [0.15, 0.2) is 47.8 Å². The molecule has 4 aliphatic rings. The number of allylic oxidation sites excluding steroid dienone is 4. The van der Waals surface area contributed by atoms with Crippen molar-refractivity contribution < 1.29 is 42.1 Å². The highest BCUT2D eigenvalue weighted by Gasteiger charge is 2.76. The van der Waals surface area contributed by atoms with Gasteiger partial charge < -0.3 is 14.6 Å². The molecule has 1 N–H and O–H groups in total. The number of fused-ring (bicyclic) bond motifs is 5. The van der Waals surface area contributed by atoms with Crippen LogP contribution in [0.5, 0.6) is 0 Å². The highest BCUT2D eigenvalue weighted by Crippen LogP contribution is 2.71. The lowest BCUT2D eigenvalue weighted by Gasteiger charge is -2.62. The van der Waals surface area contributed by atoms with Crippen LogP contribution < -0.4 is 0 Å². The third-order valence-corrected chi connectivity index (χ3v) is 10.4. The van der Waals surface area contributed by atoms with Gasteiger partial charge in [-0.2, -0.15) is 0 Å². The zero-order valence-corrected chi connectivity index (χ0v) is 24.0. The van der Waals surface area contributed by atoms with Crippen molar-refractivity contribution in [3.63, 3.8) is 0 Å². The second-order valence-electron chi connectivity index (χ2n) is 12.9. The molecule has 0 heterocycles. The molecular formula is C32H37F3O6. The predicted octanol–water partition coefficient (Wildman–Crippen LogP) is 5.59. The van der Waals surface area contributed by atoms with E-state index in [2.05, 4.69) is 0 Å². The maximum atomic E-state index is 17.5. The Hall–Kier alpha value is -2.94. The number of halogens is 3. The molecule has 0 aliphatic heterocycles. The maximum Gasteiger partial charge on any atom is 0.313 e. The summed E-state index contributed by atoms with van der Waals surface area (Å²) in [4.78, 5) is 38.5. The first-order chi connectivity index (χ1) is 19.1. The average Bonchev–Trinajstić information content (AvgIpc) is 3.12. The first-order valence-electron chi connectivity index (χ1n) is 14.2. The lowest BCUT2D eigenvalue weighted by Crippen LogP contribution is -2.68. The van der Waals surface area contributed by atoms with Crippen LogP contribution in [0.2, 0.25) is 0 Å². The number of hydrogen-bond donors (Lipinski definition) is 1. The molecule has 5 rings (SSSR count).